The van der Waals surface area contributed by atoms with Crippen molar-refractivity contribution in [2.75, 3.05) is 7.11 Å². The van der Waals surface area contributed by atoms with Gasteiger partial charge in [-0.25, -0.2) is 0 Å². The molecule has 0 bridgehead atoms. The Morgan fingerprint density at radius 2 is 2.31 bits per heavy atom. The van der Waals surface area contributed by atoms with Crippen LogP contribution in [0, 0.1) is 0 Å². The van der Waals surface area contributed by atoms with Crippen molar-refractivity contribution >= 4 is 5.91 Å². The number of rotatable bonds is 3. The Hall–Kier alpha value is -1.62. The number of nitrogens with one attached hydrogen (secondary N) is 2. The third kappa shape index (κ3) is 2.14. The summed E-state index contributed by atoms with van der Waals surface area (Å²) in [6.45, 7) is 0. The molecule has 0 spiro atoms. The first kappa shape index (κ1) is 10.9. The van der Waals surface area contributed by atoms with Gasteiger partial charge in [0, 0.05) is 31.6 Å². The summed E-state index contributed by atoms with van der Waals surface area (Å²) in [4.78, 5) is 25.8. The van der Waals surface area contributed by atoms with E-state index in [1.54, 1.807) is 7.11 Å². The Labute approximate surface area is 92.8 Å². The average Bonchev–Trinajstić information content (AvgIpc) is 2.23. The predicted octanol–water partition coefficient (Wildman–Crippen LogP) is 0.282. The van der Waals surface area contributed by atoms with E-state index in [2.05, 4.69) is 10.3 Å². The molecule has 1 aromatic heterocycles. The molecule has 1 aromatic rings. The van der Waals surface area contributed by atoms with Gasteiger partial charge in [0.2, 0.25) is 0 Å². The van der Waals surface area contributed by atoms with E-state index in [1.165, 1.54) is 18.5 Å². The van der Waals surface area contributed by atoms with Crippen LogP contribution in [0.2, 0.25) is 0 Å². The van der Waals surface area contributed by atoms with Crippen molar-refractivity contribution in [3.63, 3.8) is 0 Å². The van der Waals surface area contributed by atoms with Gasteiger partial charge in [-0.1, -0.05) is 0 Å². The Morgan fingerprint density at radius 1 is 1.56 bits per heavy atom. The molecule has 1 aliphatic carbocycles. The largest absolute Gasteiger partial charge is 0.381 e. The molecule has 86 valence electrons. The fourth-order valence-corrected chi connectivity index (χ4v) is 1.73. The van der Waals surface area contributed by atoms with E-state index in [0.29, 0.717) is 0 Å². The zero-order valence-electron chi connectivity index (χ0n) is 9.03. The van der Waals surface area contributed by atoms with Gasteiger partial charge in [0.05, 0.1) is 6.10 Å². The summed E-state index contributed by atoms with van der Waals surface area (Å²) in [7, 11) is 1.66. The fourth-order valence-electron chi connectivity index (χ4n) is 1.73. The van der Waals surface area contributed by atoms with Gasteiger partial charge < -0.3 is 15.0 Å². The minimum atomic E-state index is -0.318. The van der Waals surface area contributed by atoms with E-state index in [0.717, 1.165) is 12.8 Å². The molecule has 0 saturated heterocycles. The van der Waals surface area contributed by atoms with Gasteiger partial charge >= 0.3 is 0 Å². The molecule has 0 atom stereocenters. The van der Waals surface area contributed by atoms with Crippen LogP contribution in [0.3, 0.4) is 0 Å². The lowest BCUT2D eigenvalue weighted by atomic mass is 9.89. The first-order chi connectivity index (χ1) is 7.70. The predicted molar refractivity (Wildman–Crippen MR) is 58.3 cm³/mol. The number of amides is 1. The van der Waals surface area contributed by atoms with Gasteiger partial charge in [-0.05, 0) is 12.8 Å². The van der Waals surface area contributed by atoms with E-state index in [-0.39, 0.29) is 29.0 Å². The quantitative estimate of drug-likeness (QED) is 0.771. The number of aromatic nitrogens is 1. The lowest BCUT2D eigenvalue weighted by Gasteiger charge is -2.34. The second-order valence-corrected chi connectivity index (χ2v) is 3.92. The van der Waals surface area contributed by atoms with Crippen molar-refractivity contribution in [1.29, 1.82) is 0 Å². The van der Waals surface area contributed by atoms with Crippen molar-refractivity contribution in [2.24, 2.45) is 0 Å². The van der Waals surface area contributed by atoms with E-state index < -0.39 is 0 Å². The Balaban J connectivity index is 1.95. The molecular weight excluding hydrogens is 208 g/mol. The minimum Gasteiger partial charge on any atom is -0.381 e. The van der Waals surface area contributed by atoms with Crippen LogP contribution < -0.4 is 10.7 Å². The summed E-state index contributed by atoms with van der Waals surface area (Å²) in [5.74, 6) is -0.318. The van der Waals surface area contributed by atoms with Gasteiger partial charge in [-0.2, -0.15) is 0 Å². The highest BCUT2D eigenvalue weighted by atomic mass is 16.5. The van der Waals surface area contributed by atoms with Crippen LogP contribution in [0.4, 0.5) is 0 Å². The maximum atomic E-state index is 11.7. The molecule has 0 unspecified atom stereocenters. The lowest BCUT2D eigenvalue weighted by molar-refractivity contribution is 0.0176. The van der Waals surface area contributed by atoms with Gasteiger partial charge in [-0.15, -0.1) is 0 Å². The van der Waals surface area contributed by atoms with Gasteiger partial charge in [0.25, 0.3) is 5.91 Å². The van der Waals surface area contributed by atoms with Crippen LogP contribution in [0.1, 0.15) is 23.2 Å². The van der Waals surface area contributed by atoms with Crippen LogP contribution >= 0.6 is 0 Å². The first-order valence-corrected chi connectivity index (χ1v) is 5.21. The highest BCUT2D eigenvalue weighted by molar-refractivity contribution is 5.93. The molecule has 0 radical (unpaired) electrons. The summed E-state index contributed by atoms with van der Waals surface area (Å²) in [5.41, 5.74) is -0.109. The third-order valence-electron chi connectivity index (χ3n) is 2.83. The summed E-state index contributed by atoms with van der Waals surface area (Å²) in [5, 5.41) is 2.80. The van der Waals surface area contributed by atoms with Crippen molar-refractivity contribution in [1.82, 2.24) is 10.3 Å². The average molecular weight is 222 g/mol. The number of carbonyl (C=O) groups excluding carboxylic acids is 1. The van der Waals surface area contributed by atoms with Crippen molar-refractivity contribution < 1.29 is 9.53 Å². The Kier molecular flexibility index (Phi) is 3.05. The number of H-pyrrole nitrogens is 1. The Bertz CT molecular complexity index is 435. The number of aromatic amines is 1. The highest BCUT2D eigenvalue weighted by Crippen LogP contribution is 2.22. The van der Waals surface area contributed by atoms with Crippen LogP contribution in [0.25, 0.3) is 0 Å². The molecule has 1 aliphatic rings. The molecule has 1 saturated carbocycles. The van der Waals surface area contributed by atoms with Crippen LogP contribution in [0.5, 0.6) is 0 Å². The molecular formula is C11H14N2O3. The summed E-state index contributed by atoms with van der Waals surface area (Å²) < 4.78 is 5.11. The second kappa shape index (κ2) is 4.49. The number of carbonyl (C=O) groups is 1. The molecule has 2 rings (SSSR count). The standard InChI is InChI=1S/C11H14N2O3/c1-16-8-4-7(5-8)13-11(15)9-6-12-3-2-10(9)14/h2-3,6-8H,4-5H2,1H3,(H,12,14)(H,13,15). The SMILES string of the molecule is COC1CC(NC(=O)c2c[nH]ccc2=O)C1. The maximum Gasteiger partial charge on any atom is 0.256 e. The van der Waals surface area contributed by atoms with E-state index >= 15 is 0 Å². The fraction of sp³-hybridized carbons (Fsp3) is 0.455. The summed E-state index contributed by atoms with van der Waals surface area (Å²) in [6, 6.07) is 1.46. The monoisotopic (exact) mass is 222 g/mol. The van der Waals surface area contributed by atoms with E-state index in [9.17, 15) is 9.59 Å². The topological polar surface area (TPSA) is 71.2 Å². The van der Waals surface area contributed by atoms with E-state index in [4.69, 9.17) is 4.74 Å². The molecule has 5 nitrogen and oxygen atoms in total. The number of methoxy groups -OCH3 is 1. The molecule has 1 heterocycles. The minimum absolute atomic E-state index is 0.122. The van der Waals surface area contributed by atoms with Crippen molar-refractivity contribution in [2.45, 2.75) is 25.0 Å². The number of ether oxygens (including phenoxy) is 1. The molecule has 0 aromatic carbocycles. The molecule has 0 aliphatic heterocycles. The Morgan fingerprint density at radius 3 is 2.94 bits per heavy atom. The van der Waals surface area contributed by atoms with Crippen LogP contribution in [0.15, 0.2) is 23.3 Å². The molecule has 1 amide bonds. The van der Waals surface area contributed by atoms with Crippen LogP contribution in [-0.2, 0) is 4.74 Å². The second-order valence-electron chi connectivity index (χ2n) is 3.92. The summed E-state index contributed by atoms with van der Waals surface area (Å²) in [6.07, 6.45) is 4.78. The number of hydrogen-bond acceptors (Lipinski definition) is 3. The number of pyridine rings is 1. The number of hydrogen-bond donors (Lipinski definition) is 2. The van der Waals surface area contributed by atoms with Gasteiger partial charge in [0.15, 0.2) is 5.43 Å². The molecule has 5 heteroatoms. The maximum absolute atomic E-state index is 11.7. The first-order valence-electron chi connectivity index (χ1n) is 5.21. The molecule has 1 fully saturated rings. The zero-order valence-corrected chi connectivity index (χ0v) is 9.03. The van der Waals surface area contributed by atoms with E-state index in [1.807, 2.05) is 0 Å². The highest BCUT2D eigenvalue weighted by Gasteiger charge is 2.30. The lowest BCUT2D eigenvalue weighted by Crippen LogP contribution is -2.48. The van der Waals surface area contributed by atoms with Crippen molar-refractivity contribution in [3.05, 3.63) is 34.2 Å². The zero-order chi connectivity index (χ0) is 11.5. The van der Waals surface area contributed by atoms with Crippen LogP contribution in [-0.4, -0.2) is 30.1 Å². The van der Waals surface area contributed by atoms with Gasteiger partial charge in [-0.3, -0.25) is 9.59 Å². The van der Waals surface area contributed by atoms with Crippen molar-refractivity contribution in [3.8, 4) is 0 Å². The third-order valence-corrected chi connectivity index (χ3v) is 2.83. The van der Waals surface area contributed by atoms with Gasteiger partial charge in [0.1, 0.15) is 5.56 Å². The normalized spacial score (nSPS) is 23.6. The molecule has 16 heavy (non-hydrogen) atoms. The molecule has 2 N–H and O–H groups in total. The smallest absolute Gasteiger partial charge is 0.256 e. The summed E-state index contributed by atoms with van der Waals surface area (Å²) >= 11 is 0.